The molecule has 0 fully saturated rings. The van der Waals surface area contributed by atoms with E-state index in [2.05, 4.69) is 36.9 Å². The largest absolute Gasteiger partial charge is 0.179 e. The average Bonchev–Trinajstić information content (AvgIpc) is 2.07. The number of hydrogen-bond donors (Lipinski definition) is 1. The predicted octanol–water partition coefficient (Wildman–Crippen LogP) is 2.85. The van der Waals surface area contributed by atoms with Crippen molar-refractivity contribution in [1.82, 2.24) is 0 Å². The molecule has 0 nitrogen and oxygen atoms in total. The minimum Gasteiger partial charge on any atom is -0.179 e. The van der Waals surface area contributed by atoms with E-state index in [1.165, 1.54) is 5.56 Å². The van der Waals surface area contributed by atoms with E-state index in [0.717, 1.165) is 17.3 Å². The molecule has 0 aliphatic rings. The van der Waals surface area contributed by atoms with Crippen LogP contribution >= 0.6 is 24.4 Å². The van der Waals surface area contributed by atoms with Crippen LogP contribution in [0.25, 0.3) is 0 Å². The zero-order chi connectivity index (χ0) is 7.94. The maximum atomic E-state index is 4.15. The van der Waals surface area contributed by atoms with Crippen molar-refractivity contribution in [2.75, 3.05) is 11.5 Å². The Hall–Kier alpha value is -0.0800. The summed E-state index contributed by atoms with van der Waals surface area (Å²) in [4.78, 5) is 0. The first-order valence-electron chi connectivity index (χ1n) is 3.66. The molecular formula is C9H12S2. The van der Waals surface area contributed by atoms with Gasteiger partial charge in [0.15, 0.2) is 0 Å². The molecule has 0 heterocycles. The second kappa shape index (κ2) is 5.56. The van der Waals surface area contributed by atoms with Crippen molar-refractivity contribution in [3.8, 4) is 0 Å². The molecular weight excluding hydrogens is 172 g/mol. The molecule has 60 valence electrons. The third-order valence-corrected chi connectivity index (χ3v) is 2.90. The topological polar surface area (TPSA) is 0 Å². The van der Waals surface area contributed by atoms with Crippen molar-refractivity contribution in [1.29, 1.82) is 0 Å². The van der Waals surface area contributed by atoms with Crippen LogP contribution in [0.5, 0.6) is 0 Å². The normalized spacial score (nSPS) is 9.91. The molecule has 0 N–H and O–H groups in total. The summed E-state index contributed by atoms with van der Waals surface area (Å²) in [5.74, 6) is 3.22. The van der Waals surface area contributed by atoms with Gasteiger partial charge in [-0.3, -0.25) is 0 Å². The summed E-state index contributed by atoms with van der Waals surface area (Å²) in [6, 6.07) is 10.5. The highest BCUT2D eigenvalue weighted by atomic mass is 32.2. The minimum atomic E-state index is 0.970. The van der Waals surface area contributed by atoms with Gasteiger partial charge in [0.25, 0.3) is 0 Å². The Balaban J connectivity index is 2.28. The molecule has 1 aromatic rings. The van der Waals surface area contributed by atoms with E-state index in [0.29, 0.717) is 0 Å². The average molecular weight is 184 g/mol. The lowest BCUT2D eigenvalue weighted by Gasteiger charge is -1.98. The Morgan fingerprint density at radius 3 is 2.55 bits per heavy atom. The van der Waals surface area contributed by atoms with Gasteiger partial charge in [-0.15, -0.1) is 0 Å². The maximum Gasteiger partial charge on any atom is 0.0184 e. The van der Waals surface area contributed by atoms with Gasteiger partial charge in [-0.2, -0.15) is 24.4 Å². The monoisotopic (exact) mass is 184 g/mol. The van der Waals surface area contributed by atoms with Crippen LogP contribution in [-0.2, 0) is 5.75 Å². The predicted molar refractivity (Wildman–Crippen MR) is 56.5 cm³/mol. The van der Waals surface area contributed by atoms with E-state index >= 15 is 0 Å². The van der Waals surface area contributed by atoms with Crippen LogP contribution in [0.1, 0.15) is 5.56 Å². The Morgan fingerprint density at radius 1 is 1.18 bits per heavy atom. The lowest BCUT2D eigenvalue weighted by atomic mass is 10.2. The van der Waals surface area contributed by atoms with Gasteiger partial charge in [0.1, 0.15) is 0 Å². The number of rotatable bonds is 4. The van der Waals surface area contributed by atoms with Gasteiger partial charge >= 0.3 is 0 Å². The lowest BCUT2D eigenvalue weighted by molar-refractivity contribution is 1.40. The molecule has 1 rings (SSSR count). The summed E-state index contributed by atoms with van der Waals surface area (Å²) in [5.41, 5.74) is 1.40. The fraction of sp³-hybridized carbons (Fsp3) is 0.333. The third-order valence-electron chi connectivity index (χ3n) is 1.35. The number of thiol groups is 1. The van der Waals surface area contributed by atoms with Crippen LogP contribution in [0.15, 0.2) is 30.3 Å². The first kappa shape index (κ1) is 9.01. The van der Waals surface area contributed by atoms with E-state index in [1.807, 2.05) is 17.8 Å². The highest BCUT2D eigenvalue weighted by Gasteiger charge is 1.89. The molecule has 0 spiro atoms. The molecule has 1 aromatic carbocycles. The van der Waals surface area contributed by atoms with E-state index in [9.17, 15) is 0 Å². The Labute approximate surface area is 77.8 Å². The Kier molecular flexibility index (Phi) is 4.55. The van der Waals surface area contributed by atoms with Crippen LogP contribution in [-0.4, -0.2) is 11.5 Å². The highest BCUT2D eigenvalue weighted by Crippen LogP contribution is 2.11. The Bertz CT molecular complexity index is 184. The molecule has 0 aliphatic heterocycles. The molecule has 0 saturated heterocycles. The summed E-state index contributed by atoms with van der Waals surface area (Å²) >= 11 is 6.08. The molecule has 2 heteroatoms. The van der Waals surface area contributed by atoms with E-state index < -0.39 is 0 Å². The summed E-state index contributed by atoms with van der Waals surface area (Å²) in [7, 11) is 0. The van der Waals surface area contributed by atoms with Crippen LogP contribution in [0, 0.1) is 0 Å². The van der Waals surface area contributed by atoms with Gasteiger partial charge in [-0.1, -0.05) is 30.3 Å². The molecule has 0 radical (unpaired) electrons. The van der Waals surface area contributed by atoms with Gasteiger partial charge < -0.3 is 0 Å². The van der Waals surface area contributed by atoms with Gasteiger partial charge in [0.2, 0.25) is 0 Å². The molecule has 0 bridgehead atoms. The van der Waals surface area contributed by atoms with Gasteiger partial charge in [-0.25, -0.2) is 0 Å². The van der Waals surface area contributed by atoms with E-state index in [-0.39, 0.29) is 0 Å². The van der Waals surface area contributed by atoms with Gasteiger partial charge in [0.05, 0.1) is 0 Å². The second-order valence-electron chi connectivity index (χ2n) is 2.26. The van der Waals surface area contributed by atoms with Gasteiger partial charge in [0, 0.05) is 11.5 Å². The zero-order valence-corrected chi connectivity index (χ0v) is 8.07. The van der Waals surface area contributed by atoms with E-state index in [1.54, 1.807) is 0 Å². The first-order chi connectivity index (χ1) is 5.43. The smallest absolute Gasteiger partial charge is 0.0184 e. The zero-order valence-electron chi connectivity index (χ0n) is 6.36. The molecule has 0 atom stereocenters. The lowest BCUT2D eigenvalue weighted by Crippen LogP contribution is -1.82. The van der Waals surface area contributed by atoms with E-state index in [4.69, 9.17) is 0 Å². The second-order valence-corrected chi connectivity index (χ2v) is 3.81. The van der Waals surface area contributed by atoms with Crippen molar-refractivity contribution in [2.24, 2.45) is 0 Å². The molecule has 0 saturated carbocycles. The third kappa shape index (κ3) is 3.73. The first-order valence-corrected chi connectivity index (χ1v) is 5.44. The summed E-state index contributed by atoms with van der Waals surface area (Å²) in [5, 5.41) is 0. The van der Waals surface area contributed by atoms with Crippen molar-refractivity contribution in [3.05, 3.63) is 35.9 Å². The van der Waals surface area contributed by atoms with Crippen LogP contribution < -0.4 is 0 Å². The molecule has 0 unspecified atom stereocenters. The number of hydrogen-bond acceptors (Lipinski definition) is 2. The summed E-state index contributed by atoms with van der Waals surface area (Å²) in [6.07, 6.45) is 0. The SMILES string of the molecule is SCCSCc1ccccc1. The van der Waals surface area contributed by atoms with Crippen LogP contribution in [0.2, 0.25) is 0 Å². The minimum absolute atomic E-state index is 0.970. The van der Waals surface area contributed by atoms with Crippen molar-refractivity contribution < 1.29 is 0 Å². The summed E-state index contributed by atoms with van der Waals surface area (Å²) in [6.45, 7) is 0. The molecule has 0 amide bonds. The Morgan fingerprint density at radius 2 is 1.91 bits per heavy atom. The molecule has 0 aliphatic carbocycles. The van der Waals surface area contributed by atoms with Crippen molar-refractivity contribution >= 4 is 24.4 Å². The quantitative estimate of drug-likeness (QED) is 0.554. The number of thioether (sulfide) groups is 1. The van der Waals surface area contributed by atoms with Crippen molar-refractivity contribution in [2.45, 2.75) is 5.75 Å². The fourth-order valence-corrected chi connectivity index (χ4v) is 1.92. The standard InChI is InChI=1S/C9H12S2/c10-6-7-11-8-9-4-2-1-3-5-9/h1-5,10H,6-8H2. The molecule has 11 heavy (non-hydrogen) atoms. The summed E-state index contributed by atoms with van der Waals surface area (Å²) < 4.78 is 0. The highest BCUT2D eigenvalue weighted by molar-refractivity contribution is 7.99. The van der Waals surface area contributed by atoms with Crippen LogP contribution in [0.4, 0.5) is 0 Å². The fourth-order valence-electron chi connectivity index (χ4n) is 0.829. The maximum absolute atomic E-state index is 4.15. The van der Waals surface area contributed by atoms with Crippen LogP contribution in [0.3, 0.4) is 0 Å². The molecule has 0 aromatic heterocycles. The van der Waals surface area contributed by atoms with Crippen molar-refractivity contribution in [3.63, 3.8) is 0 Å². The van der Waals surface area contributed by atoms with Gasteiger partial charge in [-0.05, 0) is 11.3 Å². The number of benzene rings is 1.